The van der Waals surface area contributed by atoms with Crippen molar-refractivity contribution in [2.24, 2.45) is 0 Å². The first-order chi connectivity index (χ1) is 12.4. The molecule has 0 bridgehead atoms. The molecule has 0 saturated carbocycles. The summed E-state index contributed by atoms with van der Waals surface area (Å²) in [6, 6.07) is 4.46. The molecule has 0 aliphatic heterocycles. The summed E-state index contributed by atoms with van der Waals surface area (Å²) >= 11 is 3.40. The Morgan fingerprint density at radius 3 is 2.50 bits per heavy atom. The Labute approximate surface area is 159 Å². The molecule has 138 valence electrons. The topological polar surface area (TPSA) is 82.2 Å². The van der Waals surface area contributed by atoms with Crippen molar-refractivity contribution >= 4 is 22.0 Å². The van der Waals surface area contributed by atoms with Crippen LogP contribution in [0.3, 0.4) is 0 Å². The monoisotopic (exact) mass is 421 g/mol. The predicted octanol–water partition coefficient (Wildman–Crippen LogP) is 2.62. The van der Waals surface area contributed by atoms with E-state index in [-0.39, 0.29) is 19.2 Å². The van der Waals surface area contributed by atoms with Crippen LogP contribution < -0.4 is 10.4 Å². The summed E-state index contributed by atoms with van der Waals surface area (Å²) in [4.78, 5) is 26.4. The Morgan fingerprint density at radius 2 is 1.96 bits per heavy atom. The normalized spacial score (nSPS) is 10.6. The Morgan fingerprint density at radius 1 is 1.31 bits per heavy atom. The van der Waals surface area contributed by atoms with E-state index in [4.69, 9.17) is 4.74 Å². The van der Waals surface area contributed by atoms with Crippen LogP contribution in [0.25, 0.3) is 5.69 Å². The minimum Gasteiger partial charge on any atom is -0.490 e. The maximum Gasteiger partial charge on any atom is 0.377 e. The van der Waals surface area contributed by atoms with Gasteiger partial charge in [0.1, 0.15) is 5.75 Å². The van der Waals surface area contributed by atoms with Crippen LogP contribution in [-0.2, 0) is 0 Å². The number of rotatable bonds is 7. The number of hydrogen-bond donors (Lipinski definition) is 0. The largest absolute Gasteiger partial charge is 0.490 e. The number of aromatic nitrogens is 4. The molecule has 0 radical (unpaired) electrons. The highest BCUT2D eigenvalue weighted by Gasteiger charge is 2.20. The van der Waals surface area contributed by atoms with Crippen molar-refractivity contribution in [1.82, 2.24) is 24.7 Å². The lowest BCUT2D eigenvalue weighted by atomic mass is 10.3. The van der Waals surface area contributed by atoms with Crippen molar-refractivity contribution in [3.8, 4) is 11.4 Å². The van der Waals surface area contributed by atoms with Crippen LogP contribution in [0.5, 0.6) is 5.75 Å². The van der Waals surface area contributed by atoms with Crippen LogP contribution in [0.15, 0.2) is 52.8 Å². The van der Waals surface area contributed by atoms with Gasteiger partial charge < -0.3 is 9.64 Å². The molecule has 26 heavy (non-hydrogen) atoms. The number of halogens is 1. The molecule has 1 amide bonds. The lowest BCUT2D eigenvalue weighted by molar-refractivity contribution is 0.205. The van der Waals surface area contributed by atoms with Gasteiger partial charge in [-0.3, -0.25) is 0 Å². The molecule has 2 aromatic rings. The van der Waals surface area contributed by atoms with Crippen LogP contribution in [0.4, 0.5) is 4.79 Å². The molecular weight excluding hydrogens is 402 g/mol. The number of hydrogen-bond acceptors (Lipinski definition) is 5. The van der Waals surface area contributed by atoms with Gasteiger partial charge in [0.25, 0.3) is 0 Å². The van der Waals surface area contributed by atoms with Crippen molar-refractivity contribution in [3.63, 3.8) is 0 Å². The zero-order valence-corrected chi connectivity index (χ0v) is 16.2. The number of benzene rings is 1. The molecule has 8 nitrogen and oxygen atoms in total. The standard InChI is InChI=1S/C17H20BrN5O3/c1-5-9-21(10-6-2)16(24)23-17(25)22(19-20-23)13-7-8-15(14(18)11-13)26-12(3)4/h5-8,11-12H,1-2,9-10H2,3-4H3. The predicted molar refractivity (Wildman–Crippen MR) is 102 cm³/mol. The quantitative estimate of drug-likeness (QED) is 0.506. The second-order valence-electron chi connectivity index (χ2n) is 5.63. The van der Waals surface area contributed by atoms with Crippen LogP contribution in [-0.4, -0.2) is 49.9 Å². The maximum absolute atomic E-state index is 12.6. The summed E-state index contributed by atoms with van der Waals surface area (Å²) in [5, 5.41) is 7.49. The van der Waals surface area contributed by atoms with Crippen molar-refractivity contribution in [2.45, 2.75) is 20.0 Å². The van der Waals surface area contributed by atoms with Gasteiger partial charge >= 0.3 is 11.7 Å². The zero-order chi connectivity index (χ0) is 19.3. The second-order valence-corrected chi connectivity index (χ2v) is 6.49. The fourth-order valence-corrected chi connectivity index (χ4v) is 2.64. The van der Waals surface area contributed by atoms with E-state index in [0.29, 0.717) is 20.6 Å². The van der Waals surface area contributed by atoms with E-state index in [2.05, 4.69) is 39.5 Å². The van der Waals surface area contributed by atoms with E-state index in [1.165, 1.54) is 4.90 Å². The molecule has 2 rings (SSSR count). The number of carbonyl (C=O) groups is 1. The van der Waals surface area contributed by atoms with E-state index < -0.39 is 11.7 Å². The van der Waals surface area contributed by atoms with E-state index in [0.717, 1.165) is 4.68 Å². The molecule has 1 aromatic carbocycles. The minimum absolute atomic E-state index is 0.0130. The lowest BCUT2D eigenvalue weighted by Crippen LogP contribution is -2.41. The van der Waals surface area contributed by atoms with Gasteiger partial charge in [-0.05, 0) is 58.4 Å². The molecule has 1 aromatic heterocycles. The Bertz CT molecular complexity index is 862. The summed E-state index contributed by atoms with van der Waals surface area (Å²) in [6.45, 7) is 11.6. The van der Waals surface area contributed by atoms with E-state index in [9.17, 15) is 9.59 Å². The number of carbonyl (C=O) groups excluding carboxylic acids is 1. The Hall–Kier alpha value is -2.68. The molecule has 0 fully saturated rings. The van der Waals surface area contributed by atoms with Gasteiger partial charge in [0.05, 0.1) is 16.3 Å². The summed E-state index contributed by atoms with van der Waals surface area (Å²) < 4.78 is 8.05. The van der Waals surface area contributed by atoms with Gasteiger partial charge in [-0.1, -0.05) is 12.2 Å². The van der Waals surface area contributed by atoms with E-state index >= 15 is 0 Å². The molecular formula is C17H20BrN5O3. The SMILES string of the molecule is C=CCN(CC=C)C(=O)n1nnn(-c2ccc(OC(C)C)c(Br)c2)c1=O. The molecule has 0 saturated heterocycles. The van der Waals surface area contributed by atoms with Gasteiger partial charge in [0.15, 0.2) is 0 Å². The molecule has 0 aliphatic carbocycles. The highest BCUT2D eigenvalue weighted by molar-refractivity contribution is 9.10. The summed E-state index contributed by atoms with van der Waals surface area (Å²) in [5.41, 5.74) is -0.214. The molecule has 0 atom stereocenters. The van der Waals surface area contributed by atoms with Crippen LogP contribution in [0, 0.1) is 0 Å². The second kappa shape index (κ2) is 8.61. The molecule has 1 heterocycles. The number of tetrazole rings is 1. The fraction of sp³-hybridized carbons (Fsp3) is 0.294. The fourth-order valence-electron chi connectivity index (χ4n) is 2.18. The number of ether oxygens (including phenoxy) is 1. The maximum atomic E-state index is 12.6. The highest BCUT2D eigenvalue weighted by atomic mass is 79.9. The number of amides is 1. The van der Waals surface area contributed by atoms with Gasteiger partial charge in [0, 0.05) is 13.1 Å². The highest BCUT2D eigenvalue weighted by Crippen LogP contribution is 2.27. The number of nitrogens with zero attached hydrogens (tertiary/aromatic N) is 5. The minimum atomic E-state index is -0.669. The van der Waals surface area contributed by atoms with Crippen molar-refractivity contribution in [3.05, 3.63) is 58.5 Å². The molecule has 0 aliphatic rings. The Balaban J connectivity index is 2.35. The van der Waals surface area contributed by atoms with Crippen LogP contribution >= 0.6 is 15.9 Å². The average Bonchev–Trinajstić information content (AvgIpc) is 2.97. The first-order valence-corrected chi connectivity index (χ1v) is 8.71. The smallest absolute Gasteiger partial charge is 0.377 e. The molecule has 9 heteroatoms. The van der Waals surface area contributed by atoms with Crippen molar-refractivity contribution in [2.75, 3.05) is 13.1 Å². The van der Waals surface area contributed by atoms with Gasteiger partial charge in [-0.2, -0.15) is 4.68 Å². The third-order valence-corrected chi connectivity index (χ3v) is 3.87. The van der Waals surface area contributed by atoms with Gasteiger partial charge in [0.2, 0.25) is 0 Å². The van der Waals surface area contributed by atoms with Gasteiger partial charge in [-0.15, -0.1) is 17.8 Å². The van der Waals surface area contributed by atoms with E-state index in [1.54, 1.807) is 30.4 Å². The van der Waals surface area contributed by atoms with Gasteiger partial charge in [-0.25, -0.2) is 9.59 Å². The average molecular weight is 422 g/mol. The summed E-state index contributed by atoms with van der Waals surface area (Å²) in [6.07, 6.45) is 3.13. The van der Waals surface area contributed by atoms with Crippen molar-refractivity contribution < 1.29 is 9.53 Å². The van der Waals surface area contributed by atoms with Crippen LogP contribution in [0.2, 0.25) is 0 Å². The first kappa shape index (κ1) is 19.6. The summed E-state index contributed by atoms with van der Waals surface area (Å²) in [7, 11) is 0. The van der Waals surface area contributed by atoms with E-state index in [1.807, 2.05) is 13.8 Å². The third kappa shape index (κ3) is 4.29. The first-order valence-electron chi connectivity index (χ1n) is 7.91. The molecule has 0 unspecified atom stereocenters. The van der Waals surface area contributed by atoms with Crippen LogP contribution in [0.1, 0.15) is 13.8 Å². The third-order valence-electron chi connectivity index (χ3n) is 3.25. The lowest BCUT2D eigenvalue weighted by Gasteiger charge is -2.17. The summed E-state index contributed by atoms with van der Waals surface area (Å²) in [5.74, 6) is 0.642. The Kier molecular flexibility index (Phi) is 6.51. The molecule has 0 N–H and O–H groups in total. The van der Waals surface area contributed by atoms with Crippen molar-refractivity contribution in [1.29, 1.82) is 0 Å². The zero-order valence-electron chi connectivity index (χ0n) is 14.6. The molecule has 0 spiro atoms.